The molecular weight excluding hydrogens is 344 g/mol. The van der Waals surface area contributed by atoms with Crippen LogP contribution in [0.2, 0.25) is 5.02 Å². The van der Waals surface area contributed by atoms with Gasteiger partial charge in [0.15, 0.2) is 5.82 Å². The maximum Gasteiger partial charge on any atom is 0.156 e. The highest BCUT2D eigenvalue weighted by Gasteiger charge is 2.14. The number of halogens is 1. The number of benzene rings is 2. The summed E-state index contributed by atoms with van der Waals surface area (Å²) >= 11 is 6.27. The second-order valence-corrected chi connectivity index (χ2v) is 6.65. The molecule has 4 rings (SSSR count). The number of hydrogen-bond acceptors (Lipinski definition) is 4. The highest BCUT2D eigenvalue weighted by atomic mass is 35.5. The molecule has 4 aromatic rings. The van der Waals surface area contributed by atoms with E-state index in [0.717, 1.165) is 58.3 Å². The Kier molecular flexibility index (Phi) is 4.67. The van der Waals surface area contributed by atoms with E-state index in [0.29, 0.717) is 5.02 Å². The van der Waals surface area contributed by atoms with Crippen molar-refractivity contribution in [3.63, 3.8) is 0 Å². The van der Waals surface area contributed by atoms with Gasteiger partial charge < -0.3 is 5.32 Å². The second kappa shape index (κ2) is 7.26. The van der Waals surface area contributed by atoms with Crippen molar-refractivity contribution in [1.82, 2.24) is 15.0 Å². The number of unbranched alkanes of at least 4 members (excludes halogenated alkanes) is 1. The van der Waals surface area contributed by atoms with E-state index in [1.54, 1.807) is 6.33 Å². The molecule has 0 bridgehead atoms. The van der Waals surface area contributed by atoms with Crippen LogP contribution in [0.15, 0.2) is 54.9 Å². The Labute approximate surface area is 157 Å². The van der Waals surface area contributed by atoms with Gasteiger partial charge in [0.1, 0.15) is 17.4 Å². The van der Waals surface area contributed by atoms with Crippen LogP contribution in [0, 0.1) is 0 Å². The molecule has 26 heavy (non-hydrogen) atoms. The van der Waals surface area contributed by atoms with Gasteiger partial charge in [-0.2, -0.15) is 0 Å². The molecular formula is C21H19ClN4. The van der Waals surface area contributed by atoms with Gasteiger partial charge in [-0.25, -0.2) is 15.0 Å². The first-order valence-corrected chi connectivity index (χ1v) is 9.19. The zero-order chi connectivity index (χ0) is 17.9. The lowest BCUT2D eigenvalue weighted by molar-refractivity contribution is 0.831. The molecule has 5 heteroatoms. The number of hydrogen-bond donors (Lipinski definition) is 1. The summed E-state index contributed by atoms with van der Waals surface area (Å²) in [6.45, 7) is 3.03. The molecule has 2 aromatic carbocycles. The maximum absolute atomic E-state index is 6.27. The van der Waals surface area contributed by atoms with Crippen molar-refractivity contribution in [3.8, 4) is 11.3 Å². The summed E-state index contributed by atoms with van der Waals surface area (Å²) in [5.41, 5.74) is 3.57. The molecule has 0 atom stereocenters. The molecule has 2 aromatic heterocycles. The smallest absolute Gasteiger partial charge is 0.156 e. The Balaban J connectivity index is 2.01. The van der Waals surface area contributed by atoms with Gasteiger partial charge in [-0.15, -0.1) is 0 Å². The van der Waals surface area contributed by atoms with Crippen molar-refractivity contribution in [1.29, 1.82) is 0 Å². The van der Waals surface area contributed by atoms with Crippen LogP contribution in [0.4, 0.5) is 5.82 Å². The van der Waals surface area contributed by atoms with Crippen LogP contribution in [0.5, 0.6) is 0 Å². The van der Waals surface area contributed by atoms with Crippen LogP contribution >= 0.6 is 11.6 Å². The number of fused-ring (bicyclic) bond motifs is 3. The largest absolute Gasteiger partial charge is 0.368 e. The first-order valence-electron chi connectivity index (χ1n) is 8.81. The third-order valence-electron chi connectivity index (χ3n) is 4.41. The van der Waals surface area contributed by atoms with Gasteiger partial charge in [0.25, 0.3) is 0 Å². The molecule has 1 N–H and O–H groups in total. The lowest BCUT2D eigenvalue weighted by Crippen LogP contribution is -2.05. The summed E-state index contributed by atoms with van der Waals surface area (Å²) in [5, 5.41) is 6.11. The van der Waals surface area contributed by atoms with E-state index in [-0.39, 0.29) is 0 Å². The van der Waals surface area contributed by atoms with Crippen LogP contribution < -0.4 is 5.32 Å². The van der Waals surface area contributed by atoms with Crippen molar-refractivity contribution in [2.24, 2.45) is 0 Å². The molecule has 0 spiro atoms. The molecule has 0 radical (unpaired) electrons. The zero-order valence-electron chi connectivity index (χ0n) is 14.5. The van der Waals surface area contributed by atoms with Gasteiger partial charge in [-0.3, -0.25) is 0 Å². The Hall–Kier alpha value is -2.72. The zero-order valence-corrected chi connectivity index (χ0v) is 15.3. The van der Waals surface area contributed by atoms with Gasteiger partial charge >= 0.3 is 0 Å². The number of pyridine rings is 1. The minimum absolute atomic E-state index is 0.686. The molecule has 0 saturated carbocycles. The lowest BCUT2D eigenvalue weighted by Gasteiger charge is -2.12. The quantitative estimate of drug-likeness (QED) is 0.365. The van der Waals surface area contributed by atoms with Crippen LogP contribution in [0.1, 0.15) is 19.8 Å². The minimum atomic E-state index is 0.686. The number of nitrogens with one attached hydrogen (secondary N) is 1. The Morgan fingerprint density at radius 1 is 0.962 bits per heavy atom. The number of anilines is 1. The molecule has 0 fully saturated rings. The van der Waals surface area contributed by atoms with E-state index in [9.17, 15) is 0 Å². The topological polar surface area (TPSA) is 50.7 Å². The van der Waals surface area contributed by atoms with Crippen molar-refractivity contribution in [3.05, 3.63) is 59.9 Å². The predicted molar refractivity (Wildman–Crippen MR) is 109 cm³/mol. The summed E-state index contributed by atoms with van der Waals surface area (Å²) in [6.07, 6.45) is 3.80. The van der Waals surface area contributed by atoms with Gasteiger partial charge in [0.05, 0.1) is 5.69 Å². The van der Waals surface area contributed by atoms with E-state index in [4.69, 9.17) is 16.6 Å². The molecule has 0 amide bonds. The molecule has 2 heterocycles. The third kappa shape index (κ3) is 3.08. The molecule has 0 aliphatic heterocycles. The first kappa shape index (κ1) is 16.7. The average Bonchev–Trinajstić information content (AvgIpc) is 2.68. The fourth-order valence-electron chi connectivity index (χ4n) is 3.10. The summed E-state index contributed by atoms with van der Waals surface area (Å²) in [7, 11) is 0. The average molecular weight is 363 g/mol. The van der Waals surface area contributed by atoms with Crippen LogP contribution in [-0.4, -0.2) is 21.5 Å². The summed E-state index contributed by atoms with van der Waals surface area (Å²) in [6, 6.07) is 16.0. The molecule has 130 valence electrons. The van der Waals surface area contributed by atoms with Crippen LogP contribution in [0.3, 0.4) is 0 Å². The number of nitrogens with zero attached hydrogens (tertiary/aromatic N) is 3. The Bertz CT molecular complexity index is 1060. The highest BCUT2D eigenvalue weighted by molar-refractivity contribution is 6.32. The van der Waals surface area contributed by atoms with E-state index in [1.165, 1.54) is 0 Å². The SMILES string of the molecule is CCCCNc1ncnc2c1nc(-c1ccccc1)c1cc(Cl)ccc12. The van der Waals surface area contributed by atoms with Gasteiger partial charge in [0.2, 0.25) is 0 Å². The first-order chi connectivity index (χ1) is 12.8. The van der Waals surface area contributed by atoms with Crippen LogP contribution in [-0.2, 0) is 0 Å². The standard InChI is InChI=1S/C21H19ClN4/c1-2-3-11-23-21-20-19(24-13-25-21)16-10-9-15(22)12-17(16)18(26-20)14-7-5-4-6-8-14/h4-10,12-13H,2-3,11H2,1H3,(H,23,24,25). The summed E-state index contributed by atoms with van der Waals surface area (Å²) in [5.74, 6) is 0.775. The van der Waals surface area contributed by atoms with Gasteiger partial charge in [-0.05, 0) is 18.6 Å². The minimum Gasteiger partial charge on any atom is -0.368 e. The van der Waals surface area contributed by atoms with Crippen molar-refractivity contribution in [2.75, 3.05) is 11.9 Å². The summed E-state index contributed by atoms with van der Waals surface area (Å²) < 4.78 is 0. The van der Waals surface area contributed by atoms with Crippen molar-refractivity contribution < 1.29 is 0 Å². The Morgan fingerprint density at radius 3 is 2.62 bits per heavy atom. The summed E-state index contributed by atoms with van der Waals surface area (Å²) in [4.78, 5) is 13.9. The molecule has 0 aliphatic rings. The lowest BCUT2D eigenvalue weighted by atomic mass is 10.0. The molecule has 0 saturated heterocycles. The van der Waals surface area contributed by atoms with Crippen molar-refractivity contribution in [2.45, 2.75) is 19.8 Å². The van der Waals surface area contributed by atoms with Gasteiger partial charge in [0, 0.05) is 27.9 Å². The van der Waals surface area contributed by atoms with E-state index in [2.05, 4.69) is 34.3 Å². The highest BCUT2D eigenvalue weighted by Crippen LogP contribution is 2.34. The van der Waals surface area contributed by atoms with E-state index >= 15 is 0 Å². The van der Waals surface area contributed by atoms with Crippen molar-refractivity contribution >= 4 is 39.2 Å². The molecule has 0 unspecified atom stereocenters. The molecule has 4 nitrogen and oxygen atoms in total. The predicted octanol–water partition coefficient (Wildman–Crippen LogP) is 5.71. The Morgan fingerprint density at radius 2 is 1.81 bits per heavy atom. The second-order valence-electron chi connectivity index (χ2n) is 6.22. The third-order valence-corrected chi connectivity index (χ3v) is 4.64. The fourth-order valence-corrected chi connectivity index (χ4v) is 3.27. The fraction of sp³-hybridized carbons (Fsp3) is 0.190. The normalized spacial score (nSPS) is 11.2. The number of aromatic nitrogens is 3. The van der Waals surface area contributed by atoms with Gasteiger partial charge in [-0.1, -0.05) is 61.3 Å². The van der Waals surface area contributed by atoms with E-state index < -0.39 is 0 Å². The molecule has 0 aliphatic carbocycles. The van der Waals surface area contributed by atoms with Crippen LogP contribution in [0.25, 0.3) is 33.1 Å². The monoisotopic (exact) mass is 362 g/mol. The van der Waals surface area contributed by atoms with E-state index in [1.807, 2.05) is 36.4 Å². The maximum atomic E-state index is 6.27. The number of rotatable bonds is 5.